The summed E-state index contributed by atoms with van der Waals surface area (Å²) in [7, 11) is 0. The smallest absolute Gasteiger partial charge is 0.0944 e. The Balaban J connectivity index is 2.83. The number of likely N-dealkylation sites (N-methyl/N-ethyl adjacent to an activating group) is 1. The monoisotopic (exact) mass is 282 g/mol. The van der Waals surface area contributed by atoms with E-state index in [9.17, 15) is 0 Å². The van der Waals surface area contributed by atoms with Crippen LogP contribution in [0.1, 0.15) is 65.6 Å². The van der Waals surface area contributed by atoms with E-state index in [1.165, 1.54) is 17.1 Å². The van der Waals surface area contributed by atoms with Crippen molar-refractivity contribution in [2.45, 2.75) is 72.8 Å². The minimum absolute atomic E-state index is 0.155. The Bertz CT molecular complexity index is 388. The van der Waals surface area contributed by atoms with Crippen LogP contribution in [0.4, 0.5) is 0 Å². The van der Waals surface area contributed by atoms with Gasteiger partial charge in [-0.2, -0.15) is 0 Å². The van der Waals surface area contributed by atoms with Crippen LogP contribution in [0.3, 0.4) is 0 Å². The average Bonchev–Trinajstić information content (AvgIpc) is 2.77. The summed E-state index contributed by atoms with van der Waals surface area (Å²) in [5, 5.41) is 7.12. The molecule has 0 amide bonds. The molecule has 19 heavy (non-hydrogen) atoms. The molecule has 0 aromatic carbocycles. The number of aromatic nitrogens is 1. The Labute approximate surface area is 123 Å². The zero-order valence-electron chi connectivity index (χ0n) is 13.6. The number of nitrogens with zero attached hydrogens (tertiary/aromatic N) is 1. The van der Waals surface area contributed by atoms with Crippen molar-refractivity contribution in [1.29, 1.82) is 0 Å². The van der Waals surface area contributed by atoms with E-state index >= 15 is 0 Å². The Hall–Kier alpha value is -0.410. The van der Waals surface area contributed by atoms with Crippen molar-refractivity contribution in [2.75, 3.05) is 6.54 Å². The number of hydrogen-bond donors (Lipinski definition) is 1. The van der Waals surface area contributed by atoms with Crippen LogP contribution in [0, 0.1) is 5.41 Å². The molecule has 1 rings (SSSR count). The second-order valence-electron chi connectivity index (χ2n) is 7.03. The van der Waals surface area contributed by atoms with E-state index in [0.29, 0.717) is 11.5 Å². The molecule has 3 heteroatoms. The van der Waals surface area contributed by atoms with Crippen molar-refractivity contribution < 1.29 is 0 Å². The first kappa shape index (κ1) is 16.6. The van der Waals surface area contributed by atoms with Crippen molar-refractivity contribution in [3.63, 3.8) is 0 Å². The van der Waals surface area contributed by atoms with Crippen LogP contribution in [-0.2, 0) is 11.8 Å². The lowest BCUT2D eigenvalue weighted by atomic mass is 9.80. The molecule has 0 aliphatic heterocycles. The van der Waals surface area contributed by atoms with Gasteiger partial charge in [-0.15, -0.1) is 11.3 Å². The van der Waals surface area contributed by atoms with E-state index in [0.717, 1.165) is 13.0 Å². The molecule has 1 aromatic rings. The molecule has 0 saturated heterocycles. The van der Waals surface area contributed by atoms with Crippen molar-refractivity contribution in [3.05, 3.63) is 16.1 Å². The summed E-state index contributed by atoms with van der Waals surface area (Å²) in [4.78, 5) is 4.83. The van der Waals surface area contributed by atoms with Crippen LogP contribution in [0.15, 0.2) is 5.38 Å². The van der Waals surface area contributed by atoms with Crippen LogP contribution in [0.25, 0.3) is 0 Å². The predicted octanol–water partition coefficient (Wildman–Crippen LogP) is 4.40. The van der Waals surface area contributed by atoms with Crippen molar-refractivity contribution >= 4 is 11.3 Å². The van der Waals surface area contributed by atoms with Gasteiger partial charge in [-0.25, -0.2) is 4.98 Å². The molecule has 1 unspecified atom stereocenters. The van der Waals surface area contributed by atoms with E-state index in [-0.39, 0.29) is 5.41 Å². The summed E-state index contributed by atoms with van der Waals surface area (Å²) in [6, 6.07) is 0.501. The second kappa shape index (κ2) is 6.36. The van der Waals surface area contributed by atoms with Crippen LogP contribution >= 0.6 is 11.3 Å². The number of hydrogen-bond acceptors (Lipinski definition) is 3. The Morgan fingerprint density at radius 1 is 1.21 bits per heavy atom. The van der Waals surface area contributed by atoms with Gasteiger partial charge < -0.3 is 5.32 Å². The fraction of sp³-hybridized carbons (Fsp3) is 0.812. The quantitative estimate of drug-likeness (QED) is 0.836. The number of nitrogens with one attached hydrogen (secondary N) is 1. The van der Waals surface area contributed by atoms with Gasteiger partial charge in [0, 0.05) is 23.3 Å². The summed E-state index contributed by atoms with van der Waals surface area (Å²) in [6.07, 6.45) is 2.22. The molecule has 0 saturated carbocycles. The third-order valence-corrected chi connectivity index (χ3v) is 4.88. The van der Waals surface area contributed by atoms with Crippen molar-refractivity contribution in [2.24, 2.45) is 5.41 Å². The highest BCUT2D eigenvalue weighted by Gasteiger charge is 2.28. The zero-order valence-corrected chi connectivity index (χ0v) is 14.4. The van der Waals surface area contributed by atoms with Crippen LogP contribution in [-0.4, -0.2) is 17.6 Å². The lowest BCUT2D eigenvalue weighted by molar-refractivity contribution is 0.232. The fourth-order valence-electron chi connectivity index (χ4n) is 2.04. The molecule has 1 heterocycles. The normalized spacial score (nSPS) is 14.7. The summed E-state index contributed by atoms with van der Waals surface area (Å²) < 4.78 is 0. The maximum atomic E-state index is 4.83. The molecule has 0 aliphatic carbocycles. The maximum absolute atomic E-state index is 4.83. The molecular formula is C16H30N2S. The lowest BCUT2D eigenvalue weighted by Crippen LogP contribution is -2.43. The summed E-state index contributed by atoms with van der Waals surface area (Å²) in [5.74, 6) is 0. The molecule has 0 aliphatic rings. The van der Waals surface area contributed by atoms with Crippen LogP contribution < -0.4 is 5.32 Å². The van der Waals surface area contributed by atoms with E-state index < -0.39 is 0 Å². The third kappa shape index (κ3) is 4.57. The topological polar surface area (TPSA) is 24.9 Å². The van der Waals surface area contributed by atoms with Crippen molar-refractivity contribution in [3.8, 4) is 0 Å². The highest BCUT2D eigenvalue weighted by Crippen LogP contribution is 2.30. The summed E-state index contributed by atoms with van der Waals surface area (Å²) in [5.41, 5.74) is 1.68. The van der Waals surface area contributed by atoms with E-state index in [1.807, 2.05) is 0 Å². The van der Waals surface area contributed by atoms with E-state index in [1.54, 1.807) is 11.3 Å². The van der Waals surface area contributed by atoms with Gasteiger partial charge in [-0.1, -0.05) is 48.5 Å². The minimum Gasteiger partial charge on any atom is -0.313 e. The lowest BCUT2D eigenvalue weighted by Gasteiger charge is -2.33. The third-order valence-electron chi connectivity index (χ3n) is 4.00. The SMILES string of the molecule is CCNC(Cc1nc(C(C)(C)C)cs1)C(C)(C)CC. The van der Waals surface area contributed by atoms with Gasteiger partial charge in [-0.05, 0) is 18.4 Å². The van der Waals surface area contributed by atoms with Gasteiger partial charge in [0.1, 0.15) is 0 Å². The molecule has 0 radical (unpaired) electrons. The van der Waals surface area contributed by atoms with Gasteiger partial charge in [0.15, 0.2) is 0 Å². The van der Waals surface area contributed by atoms with Gasteiger partial charge in [0.05, 0.1) is 10.7 Å². The largest absolute Gasteiger partial charge is 0.313 e. The van der Waals surface area contributed by atoms with E-state index in [2.05, 4.69) is 59.2 Å². The van der Waals surface area contributed by atoms with Gasteiger partial charge in [0.2, 0.25) is 0 Å². The van der Waals surface area contributed by atoms with E-state index in [4.69, 9.17) is 4.98 Å². The van der Waals surface area contributed by atoms with Crippen molar-refractivity contribution in [1.82, 2.24) is 10.3 Å². The first-order chi connectivity index (χ1) is 8.70. The number of rotatable bonds is 6. The molecule has 2 nitrogen and oxygen atoms in total. The van der Waals surface area contributed by atoms with Crippen LogP contribution in [0.2, 0.25) is 0 Å². The summed E-state index contributed by atoms with van der Waals surface area (Å²) in [6.45, 7) is 16.8. The predicted molar refractivity (Wildman–Crippen MR) is 86.1 cm³/mol. The fourth-order valence-corrected chi connectivity index (χ4v) is 3.11. The Morgan fingerprint density at radius 2 is 1.84 bits per heavy atom. The standard InChI is InChI=1S/C16H30N2S/c1-8-16(6,7)12(17-9-2)10-14-18-13(11-19-14)15(3,4)5/h11-12,17H,8-10H2,1-7H3. The number of thiazole rings is 1. The maximum Gasteiger partial charge on any atom is 0.0944 e. The molecule has 1 N–H and O–H groups in total. The highest BCUT2D eigenvalue weighted by molar-refractivity contribution is 7.09. The molecule has 1 atom stereocenters. The molecule has 110 valence electrons. The Morgan fingerprint density at radius 3 is 2.26 bits per heavy atom. The highest BCUT2D eigenvalue weighted by atomic mass is 32.1. The molecule has 0 bridgehead atoms. The van der Waals surface area contributed by atoms with Gasteiger partial charge in [-0.3, -0.25) is 0 Å². The molecule has 1 aromatic heterocycles. The summed E-state index contributed by atoms with van der Waals surface area (Å²) >= 11 is 1.81. The van der Waals surface area contributed by atoms with Gasteiger partial charge >= 0.3 is 0 Å². The second-order valence-corrected chi connectivity index (χ2v) is 7.98. The Kier molecular flexibility index (Phi) is 5.57. The zero-order chi connectivity index (χ0) is 14.7. The average molecular weight is 282 g/mol. The van der Waals surface area contributed by atoms with Gasteiger partial charge in [0.25, 0.3) is 0 Å². The van der Waals surface area contributed by atoms with Crippen LogP contribution in [0.5, 0.6) is 0 Å². The first-order valence-electron chi connectivity index (χ1n) is 7.39. The molecular weight excluding hydrogens is 252 g/mol. The minimum atomic E-state index is 0.155. The first-order valence-corrected chi connectivity index (χ1v) is 8.27. The molecule has 0 fully saturated rings. The molecule has 0 spiro atoms.